The minimum Gasteiger partial charge on any atom is -0.369 e. The second kappa shape index (κ2) is 5.41. The lowest BCUT2D eigenvalue weighted by atomic mass is 9.80. The van der Waals surface area contributed by atoms with Gasteiger partial charge < -0.3 is 4.90 Å². The summed E-state index contributed by atoms with van der Waals surface area (Å²) in [5.74, 6) is 0.245. The third kappa shape index (κ3) is 2.67. The van der Waals surface area contributed by atoms with Crippen LogP contribution in [0.25, 0.3) is 6.08 Å². The molecule has 0 unspecified atom stereocenters. The number of carbonyl (C=O) groups is 2. The van der Waals surface area contributed by atoms with Gasteiger partial charge in [0.1, 0.15) is 0 Å². The van der Waals surface area contributed by atoms with E-state index in [-0.39, 0.29) is 16.7 Å². The fourth-order valence-electron chi connectivity index (χ4n) is 3.38. The number of nitrogens with zero attached hydrogens (tertiary/aromatic N) is 2. The van der Waals surface area contributed by atoms with Crippen molar-refractivity contribution in [3.8, 4) is 0 Å². The first-order valence-electron chi connectivity index (χ1n) is 7.80. The molecule has 0 aliphatic carbocycles. The molecule has 0 bridgehead atoms. The van der Waals surface area contributed by atoms with Crippen LogP contribution in [-0.2, 0) is 4.79 Å². The van der Waals surface area contributed by atoms with Gasteiger partial charge in [0, 0.05) is 25.3 Å². The van der Waals surface area contributed by atoms with Gasteiger partial charge >= 0.3 is 0 Å². The minimum atomic E-state index is -0.218. The zero-order valence-corrected chi connectivity index (χ0v) is 15.0. The lowest BCUT2D eigenvalue weighted by molar-refractivity contribution is -0.121. The van der Waals surface area contributed by atoms with Crippen molar-refractivity contribution in [1.29, 1.82) is 0 Å². The summed E-state index contributed by atoms with van der Waals surface area (Å²) < 4.78 is 0. The Labute approximate surface area is 141 Å². The van der Waals surface area contributed by atoms with Crippen molar-refractivity contribution in [3.05, 3.63) is 34.2 Å². The molecule has 1 fully saturated rings. The average molecular weight is 330 g/mol. The third-order valence-corrected chi connectivity index (χ3v) is 5.90. The first-order chi connectivity index (χ1) is 10.7. The number of likely N-dealkylation sites (N-methyl/N-ethyl adjacent to an activating group) is 1. The summed E-state index contributed by atoms with van der Waals surface area (Å²) in [6, 6.07) is 6.29. The van der Waals surface area contributed by atoms with Gasteiger partial charge in [-0.1, -0.05) is 13.0 Å². The molecule has 23 heavy (non-hydrogen) atoms. The molecule has 0 radical (unpaired) electrons. The predicted molar refractivity (Wildman–Crippen MR) is 95.7 cm³/mol. The molecule has 0 saturated carbocycles. The summed E-state index contributed by atoms with van der Waals surface area (Å²) in [4.78, 5) is 27.6. The number of benzene rings is 1. The molecule has 2 aliphatic rings. The molecule has 1 saturated heterocycles. The standard InChI is InChI=1S/C18H22N2O2S/c1-11-10-18(2,3)20(5)14-7-6-12(8-13(11)14)9-15-16(21)19(4)17(22)23-15/h6-9,11H,10H2,1-5H3/b15-9+/t11-/m0/s1. The van der Waals surface area contributed by atoms with E-state index in [1.807, 2.05) is 12.1 Å². The normalized spacial score (nSPS) is 25.3. The first kappa shape index (κ1) is 16.1. The molecule has 2 aliphatic heterocycles. The molecule has 122 valence electrons. The summed E-state index contributed by atoms with van der Waals surface area (Å²) in [6.45, 7) is 6.77. The number of thioether (sulfide) groups is 1. The van der Waals surface area contributed by atoms with Crippen LogP contribution in [0.4, 0.5) is 10.5 Å². The van der Waals surface area contributed by atoms with Crippen LogP contribution in [0.5, 0.6) is 0 Å². The van der Waals surface area contributed by atoms with Crippen molar-refractivity contribution in [2.45, 2.75) is 38.6 Å². The van der Waals surface area contributed by atoms with E-state index < -0.39 is 0 Å². The number of hydrogen-bond donors (Lipinski definition) is 0. The van der Waals surface area contributed by atoms with Crippen LogP contribution in [0, 0.1) is 0 Å². The van der Waals surface area contributed by atoms with E-state index in [9.17, 15) is 9.59 Å². The summed E-state index contributed by atoms with van der Waals surface area (Å²) in [5, 5.41) is -0.214. The lowest BCUT2D eigenvalue weighted by Crippen LogP contribution is -2.45. The highest BCUT2D eigenvalue weighted by molar-refractivity contribution is 8.18. The van der Waals surface area contributed by atoms with Crippen LogP contribution >= 0.6 is 11.8 Å². The Bertz CT molecular complexity index is 724. The molecular weight excluding hydrogens is 308 g/mol. The molecule has 2 heterocycles. The summed E-state index contributed by atoms with van der Waals surface area (Å²) in [5.41, 5.74) is 3.66. The summed E-state index contributed by atoms with van der Waals surface area (Å²) in [6.07, 6.45) is 2.91. The number of rotatable bonds is 1. The van der Waals surface area contributed by atoms with Crippen molar-refractivity contribution >= 4 is 34.7 Å². The highest BCUT2D eigenvalue weighted by atomic mass is 32.2. The van der Waals surface area contributed by atoms with Crippen LogP contribution in [0.1, 0.15) is 44.2 Å². The molecule has 3 rings (SSSR count). The van der Waals surface area contributed by atoms with E-state index in [0.717, 1.165) is 28.6 Å². The van der Waals surface area contributed by atoms with Crippen molar-refractivity contribution < 1.29 is 9.59 Å². The van der Waals surface area contributed by atoms with Gasteiger partial charge in [0.15, 0.2) is 0 Å². The van der Waals surface area contributed by atoms with Gasteiger partial charge in [-0.25, -0.2) is 0 Å². The molecule has 1 aromatic rings. The fraction of sp³-hybridized carbons (Fsp3) is 0.444. The maximum absolute atomic E-state index is 12.0. The highest BCUT2D eigenvalue weighted by Crippen LogP contribution is 2.43. The highest BCUT2D eigenvalue weighted by Gasteiger charge is 2.34. The largest absolute Gasteiger partial charge is 0.369 e. The average Bonchev–Trinajstić information content (AvgIpc) is 2.72. The van der Waals surface area contributed by atoms with Gasteiger partial charge in [-0.3, -0.25) is 14.5 Å². The third-order valence-electron chi connectivity index (χ3n) is 4.94. The van der Waals surface area contributed by atoms with E-state index in [0.29, 0.717) is 10.8 Å². The molecule has 1 aromatic carbocycles. The van der Waals surface area contributed by atoms with E-state index >= 15 is 0 Å². The second-order valence-corrected chi connectivity index (χ2v) is 8.03. The van der Waals surface area contributed by atoms with Gasteiger partial charge in [-0.15, -0.1) is 0 Å². The monoisotopic (exact) mass is 330 g/mol. The van der Waals surface area contributed by atoms with Gasteiger partial charge in [0.2, 0.25) is 0 Å². The zero-order chi connectivity index (χ0) is 16.9. The molecule has 2 amide bonds. The Kier molecular flexibility index (Phi) is 3.79. The summed E-state index contributed by atoms with van der Waals surface area (Å²) >= 11 is 1.00. The topological polar surface area (TPSA) is 40.6 Å². The Morgan fingerprint density at radius 3 is 2.57 bits per heavy atom. The van der Waals surface area contributed by atoms with Gasteiger partial charge in [0.25, 0.3) is 11.1 Å². The Hall–Kier alpha value is -1.75. The van der Waals surface area contributed by atoms with Crippen LogP contribution in [0.2, 0.25) is 0 Å². The zero-order valence-electron chi connectivity index (χ0n) is 14.2. The number of imide groups is 1. The molecule has 0 N–H and O–H groups in total. The van der Waals surface area contributed by atoms with E-state index in [1.54, 1.807) is 0 Å². The maximum Gasteiger partial charge on any atom is 0.293 e. The van der Waals surface area contributed by atoms with Crippen LogP contribution in [-0.4, -0.2) is 35.7 Å². The van der Waals surface area contributed by atoms with Crippen molar-refractivity contribution in [3.63, 3.8) is 0 Å². The Balaban J connectivity index is 1.98. The van der Waals surface area contributed by atoms with E-state index in [1.165, 1.54) is 18.3 Å². The van der Waals surface area contributed by atoms with Crippen molar-refractivity contribution in [1.82, 2.24) is 4.90 Å². The predicted octanol–water partition coefficient (Wildman–Crippen LogP) is 4.07. The van der Waals surface area contributed by atoms with Crippen molar-refractivity contribution in [2.24, 2.45) is 0 Å². The first-order valence-corrected chi connectivity index (χ1v) is 8.62. The molecule has 4 nitrogen and oxygen atoms in total. The van der Waals surface area contributed by atoms with Gasteiger partial charge in [-0.2, -0.15) is 0 Å². The number of hydrogen-bond acceptors (Lipinski definition) is 4. The van der Waals surface area contributed by atoms with Gasteiger partial charge in [0.05, 0.1) is 4.91 Å². The maximum atomic E-state index is 12.0. The van der Waals surface area contributed by atoms with Crippen molar-refractivity contribution in [2.75, 3.05) is 19.0 Å². The second-order valence-electron chi connectivity index (χ2n) is 7.04. The Morgan fingerprint density at radius 2 is 1.96 bits per heavy atom. The molecule has 0 spiro atoms. The van der Waals surface area contributed by atoms with E-state index in [4.69, 9.17) is 0 Å². The van der Waals surface area contributed by atoms with Gasteiger partial charge in [-0.05, 0) is 67.3 Å². The number of amides is 2. The van der Waals surface area contributed by atoms with Crippen LogP contribution < -0.4 is 4.90 Å². The van der Waals surface area contributed by atoms with E-state index in [2.05, 4.69) is 44.9 Å². The Morgan fingerprint density at radius 1 is 1.26 bits per heavy atom. The minimum absolute atomic E-state index is 0.138. The quantitative estimate of drug-likeness (QED) is 0.728. The number of carbonyl (C=O) groups excluding carboxylic acids is 2. The SMILES string of the molecule is C[C@H]1CC(C)(C)N(C)c2ccc(/C=C3/SC(=O)N(C)C3=O)cc21. The molecular formula is C18H22N2O2S. The molecule has 5 heteroatoms. The smallest absolute Gasteiger partial charge is 0.293 e. The van der Waals surface area contributed by atoms with Crippen LogP contribution in [0.3, 0.4) is 0 Å². The number of fused-ring (bicyclic) bond motifs is 1. The lowest BCUT2D eigenvalue weighted by Gasteiger charge is -2.45. The number of anilines is 1. The molecule has 1 atom stereocenters. The summed E-state index contributed by atoms with van der Waals surface area (Å²) in [7, 11) is 3.65. The molecule has 0 aromatic heterocycles. The fourth-order valence-corrected chi connectivity index (χ4v) is 4.21. The van der Waals surface area contributed by atoms with Crippen LogP contribution in [0.15, 0.2) is 23.1 Å².